The number of hydrogen-bond donors (Lipinski definition) is 1. The van der Waals surface area contributed by atoms with Crippen molar-refractivity contribution in [2.75, 3.05) is 5.73 Å². The molecule has 2 aromatic heterocycles. The van der Waals surface area contributed by atoms with Crippen LogP contribution in [0.1, 0.15) is 24.5 Å². The molecule has 0 unspecified atom stereocenters. The third-order valence-electron chi connectivity index (χ3n) is 2.58. The Balaban J connectivity index is 2.12. The lowest BCUT2D eigenvalue weighted by atomic mass is 10.2. The van der Waals surface area contributed by atoms with Gasteiger partial charge in [0.15, 0.2) is 5.82 Å². The molecule has 5 nitrogen and oxygen atoms in total. The van der Waals surface area contributed by atoms with Gasteiger partial charge in [-0.25, -0.2) is 4.68 Å². The van der Waals surface area contributed by atoms with E-state index in [0.29, 0.717) is 5.92 Å². The minimum absolute atomic E-state index is 0.550. The Kier molecular flexibility index (Phi) is 1.71. The molecule has 0 radical (unpaired) electrons. The maximum atomic E-state index is 5.89. The Labute approximate surface area is 86.9 Å². The average molecular weight is 201 g/mol. The molecule has 0 amide bonds. The smallest absolute Gasteiger partial charge is 0.176 e. The van der Waals surface area contributed by atoms with Gasteiger partial charge in [0.2, 0.25) is 0 Å². The van der Waals surface area contributed by atoms with Crippen LogP contribution in [0.2, 0.25) is 0 Å². The fraction of sp³-hybridized carbons (Fsp3) is 0.300. The number of rotatable bonds is 2. The molecule has 1 fully saturated rings. The highest BCUT2D eigenvalue weighted by Gasteiger charge is 2.30. The normalized spacial score (nSPS) is 15.5. The summed E-state index contributed by atoms with van der Waals surface area (Å²) in [6.45, 7) is 0. The highest BCUT2D eigenvalue weighted by atomic mass is 15.3. The van der Waals surface area contributed by atoms with Crippen LogP contribution in [0.15, 0.2) is 24.5 Å². The van der Waals surface area contributed by atoms with Crippen molar-refractivity contribution in [3.8, 4) is 5.82 Å². The van der Waals surface area contributed by atoms with Gasteiger partial charge >= 0.3 is 0 Å². The van der Waals surface area contributed by atoms with Gasteiger partial charge in [-0.15, -0.1) is 5.10 Å². The van der Waals surface area contributed by atoms with E-state index in [-0.39, 0.29) is 0 Å². The SMILES string of the molecule is Nc1cnn(-c2cccnn2)c1C1CC1. The largest absolute Gasteiger partial charge is 0.396 e. The number of nitrogens with two attached hydrogens (primary N) is 1. The van der Waals surface area contributed by atoms with Gasteiger partial charge in [-0.2, -0.15) is 10.2 Å². The molecule has 0 aromatic carbocycles. The van der Waals surface area contributed by atoms with Gasteiger partial charge in [-0.1, -0.05) is 0 Å². The van der Waals surface area contributed by atoms with Crippen molar-refractivity contribution in [3.63, 3.8) is 0 Å². The first-order chi connectivity index (χ1) is 7.36. The molecule has 0 aliphatic heterocycles. The summed E-state index contributed by atoms with van der Waals surface area (Å²) in [5.74, 6) is 1.28. The van der Waals surface area contributed by atoms with Crippen molar-refractivity contribution in [1.29, 1.82) is 0 Å². The lowest BCUT2D eigenvalue weighted by Gasteiger charge is -2.04. The second kappa shape index (κ2) is 3.05. The van der Waals surface area contributed by atoms with E-state index in [4.69, 9.17) is 5.73 Å². The van der Waals surface area contributed by atoms with E-state index in [2.05, 4.69) is 15.3 Å². The van der Waals surface area contributed by atoms with Gasteiger partial charge < -0.3 is 5.73 Å². The van der Waals surface area contributed by atoms with E-state index >= 15 is 0 Å². The quantitative estimate of drug-likeness (QED) is 0.790. The molecule has 0 spiro atoms. The van der Waals surface area contributed by atoms with Gasteiger partial charge in [-0.05, 0) is 25.0 Å². The minimum atomic E-state index is 0.550. The number of aromatic nitrogens is 4. The predicted octanol–water partition coefficient (Wildman–Crippen LogP) is 1.12. The van der Waals surface area contributed by atoms with Crippen LogP contribution in [0.5, 0.6) is 0 Å². The van der Waals surface area contributed by atoms with Crippen molar-refractivity contribution >= 4 is 5.69 Å². The van der Waals surface area contributed by atoms with Gasteiger partial charge in [0.25, 0.3) is 0 Å². The summed E-state index contributed by atoms with van der Waals surface area (Å²) >= 11 is 0. The number of anilines is 1. The van der Waals surface area contributed by atoms with Crippen molar-refractivity contribution in [2.24, 2.45) is 0 Å². The summed E-state index contributed by atoms with van der Waals surface area (Å²) in [5.41, 5.74) is 7.72. The second-order valence-corrected chi connectivity index (χ2v) is 3.75. The standard InChI is InChI=1S/C10H11N5/c11-8-6-13-15(10(8)7-3-4-7)9-2-1-5-12-14-9/h1-2,5-7H,3-4,11H2. The molecule has 1 saturated carbocycles. The van der Waals surface area contributed by atoms with Crippen LogP contribution in [0.25, 0.3) is 5.82 Å². The number of hydrogen-bond acceptors (Lipinski definition) is 4. The molecule has 0 atom stereocenters. The zero-order chi connectivity index (χ0) is 10.3. The van der Waals surface area contributed by atoms with Crippen LogP contribution in [0.4, 0.5) is 5.69 Å². The maximum Gasteiger partial charge on any atom is 0.176 e. The molecule has 15 heavy (non-hydrogen) atoms. The van der Waals surface area contributed by atoms with Crippen LogP contribution in [-0.4, -0.2) is 20.0 Å². The molecular weight excluding hydrogens is 190 g/mol. The molecular formula is C10H11N5. The Bertz CT molecular complexity index is 472. The lowest BCUT2D eigenvalue weighted by molar-refractivity contribution is 0.764. The minimum Gasteiger partial charge on any atom is -0.396 e. The lowest BCUT2D eigenvalue weighted by Crippen LogP contribution is -2.05. The first-order valence-electron chi connectivity index (χ1n) is 4.98. The average Bonchev–Trinajstić information content (AvgIpc) is 3.03. The van der Waals surface area contributed by atoms with E-state index in [1.807, 2.05) is 12.1 Å². The number of nitrogens with zero attached hydrogens (tertiary/aromatic N) is 4. The predicted molar refractivity (Wildman–Crippen MR) is 55.5 cm³/mol. The molecule has 2 heterocycles. The molecule has 3 rings (SSSR count). The van der Waals surface area contributed by atoms with Crippen molar-refractivity contribution in [3.05, 3.63) is 30.2 Å². The Morgan fingerprint density at radius 2 is 2.27 bits per heavy atom. The third kappa shape index (κ3) is 1.36. The molecule has 0 saturated heterocycles. The summed E-state index contributed by atoms with van der Waals surface area (Å²) in [6.07, 6.45) is 5.71. The van der Waals surface area contributed by atoms with Gasteiger partial charge in [0.1, 0.15) is 0 Å². The van der Waals surface area contributed by atoms with Crippen LogP contribution >= 0.6 is 0 Å². The Morgan fingerprint density at radius 1 is 1.40 bits per heavy atom. The highest BCUT2D eigenvalue weighted by molar-refractivity contribution is 5.47. The van der Waals surface area contributed by atoms with E-state index in [0.717, 1.165) is 17.2 Å². The summed E-state index contributed by atoms with van der Waals surface area (Å²) in [5, 5.41) is 12.1. The second-order valence-electron chi connectivity index (χ2n) is 3.75. The molecule has 1 aliphatic rings. The first-order valence-corrected chi connectivity index (χ1v) is 4.98. The molecule has 5 heteroatoms. The molecule has 2 N–H and O–H groups in total. The highest BCUT2D eigenvalue weighted by Crippen LogP contribution is 2.43. The van der Waals surface area contributed by atoms with E-state index in [9.17, 15) is 0 Å². The fourth-order valence-electron chi connectivity index (χ4n) is 1.72. The van der Waals surface area contributed by atoms with Crippen LogP contribution in [0, 0.1) is 0 Å². The molecule has 2 aromatic rings. The summed E-state index contributed by atoms with van der Waals surface area (Å²) in [6, 6.07) is 3.72. The van der Waals surface area contributed by atoms with Crippen LogP contribution in [-0.2, 0) is 0 Å². The zero-order valence-corrected chi connectivity index (χ0v) is 8.17. The summed E-state index contributed by atoms with van der Waals surface area (Å²) in [7, 11) is 0. The Morgan fingerprint density at radius 3 is 2.93 bits per heavy atom. The van der Waals surface area contributed by atoms with E-state index < -0.39 is 0 Å². The van der Waals surface area contributed by atoms with Crippen LogP contribution in [0.3, 0.4) is 0 Å². The Hall–Kier alpha value is -1.91. The fourth-order valence-corrected chi connectivity index (χ4v) is 1.72. The van der Waals surface area contributed by atoms with Crippen molar-refractivity contribution < 1.29 is 0 Å². The van der Waals surface area contributed by atoms with Gasteiger partial charge in [0, 0.05) is 12.1 Å². The van der Waals surface area contributed by atoms with Gasteiger partial charge in [0.05, 0.1) is 17.6 Å². The number of nitrogen functional groups attached to an aromatic ring is 1. The van der Waals surface area contributed by atoms with Crippen LogP contribution < -0.4 is 5.73 Å². The van der Waals surface area contributed by atoms with E-state index in [1.165, 1.54) is 12.8 Å². The first kappa shape index (κ1) is 8.40. The summed E-state index contributed by atoms with van der Waals surface area (Å²) in [4.78, 5) is 0. The van der Waals surface area contributed by atoms with Gasteiger partial charge in [-0.3, -0.25) is 0 Å². The zero-order valence-electron chi connectivity index (χ0n) is 8.17. The third-order valence-corrected chi connectivity index (χ3v) is 2.58. The monoisotopic (exact) mass is 201 g/mol. The molecule has 0 bridgehead atoms. The molecule has 76 valence electrons. The maximum absolute atomic E-state index is 5.89. The summed E-state index contributed by atoms with van der Waals surface area (Å²) < 4.78 is 1.79. The topological polar surface area (TPSA) is 69.6 Å². The molecule has 1 aliphatic carbocycles. The van der Waals surface area contributed by atoms with Crippen molar-refractivity contribution in [1.82, 2.24) is 20.0 Å². The van der Waals surface area contributed by atoms with Crippen molar-refractivity contribution in [2.45, 2.75) is 18.8 Å². The van der Waals surface area contributed by atoms with E-state index in [1.54, 1.807) is 17.1 Å².